The Hall–Kier alpha value is -2.45. The number of aliphatic hydroxyl groups is 1. The Balaban J connectivity index is 1.44. The van der Waals surface area contributed by atoms with Crippen LogP contribution in [0.5, 0.6) is 5.75 Å². The summed E-state index contributed by atoms with van der Waals surface area (Å²) in [6, 6.07) is 4.57. The number of ether oxygens (including phenoxy) is 1. The van der Waals surface area contributed by atoms with E-state index < -0.39 is 23.1 Å². The SMILES string of the molecule is O=C1CCc2c(cc(F)cc2OCC2(O)CCN(c3c(F)cc(Cl)cc3F)CC2)N1. The Morgan fingerprint density at radius 3 is 2.43 bits per heavy atom. The summed E-state index contributed by atoms with van der Waals surface area (Å²) in [4.78, 5) is 13.1. The second-order valence-electron chi connectivity index (χ2n) is 7.70. The number of hydrogen-bond acceptors (Lipinski definition) is 4. The molecule has 2 aromatic rings. The first-order valence-electron chi connectivity index (χ1n) is 9.61. The molecule has 1 fully saturated rings. The molecule has 160 valence electrons. The summed E-state index contributed by atoms with van der Waals surface area (Å²) in [5, 5.41) is 13.5. The van der Waals surface area contributed by atoms with Crippen LogP contribution in [0.3, 0.4) is 0 Å². The van der Waals surface area contributed by atoms with Gasteiger partial charge in [-0.3, -0.25) is 4.79 Å². The zero-order valence-corrected chi connectivity index (χ0v) is 16.7. The first-order valence-corrected chi connectivity index (χ1v) is 9.99. The molecule has 30 heavy (non-hydrogen) atoms. The molecule has 2 N–H and O–H groups in total. The predicted octanol–water partition coefficient (Wildman–Crippen LogP) is 4.05. The predicted molar refractivity (Wildman–Crippen MR) is 107 cm³/mol. The normalized spacial score (nSPS) is 18.0. The van der Waals surface area contributed by atoms with Crippen molar-refractivity contribution in [1.29, 1.82) is 0 Å². The van der Waals surface area contributed by atoms with E-state index in [2.05, 4.69) is 5.32 Å². The minimum absolute atomic E-state index is 0.0229. The van der Waals surface area contributed by atoms with Crippen LogP contribution in [0.15, 0.2) is 24.3 Å². The fourth-order valence-electron chi connectivity index (χ4n) is 3.90. The number of rotatable bonds is 4. The van der Waals surface area contributed by atoms with Crippen molar-refractivity contribution in [2.24, 2.45) is 0 Å². The molecule has 0 radical (unpaired) electrons. The Labute approximate surface area is 176 Å². The molecule has 5 nitrogen and oxygen atoms in total. The molecule has 0 bridgehead atoms. The van der Waals surface area contributed by atoms with Crippen molar-refractivity contribution in [1.82, 2.24) is 0 Å². The van der Waals surface area contributed by atoms with Crippen LogP contribution in [0.1, 0.15) is 24.8 Å². The third kappa shape index (κ3) is 4.20. The summed E-state index contributed by atoms with van der Waals surface area (Å²) < 4.78 is 48.0. The van der Waals surface area contributed by atoms with Crippen LogP contribution in [0.4, 0.5) is 24.5 Å². The monoisotopic (exact) mass is 440 g/mol. The van der Waals surface area contributed by atoms with Gasteiger partial charge in [-0.25, -0.2) is 13.2 Å². The van der Waals surface area contributed by atoms with Crippen LogP contribution in [0, 0.1) is 17.5 Å². The number of carbonyl (C=O) groups is 1. The summed E-state index contributed by atoms with van der Waals surface area (Å²) in [5.74, 6) is -1.98. The average molecular weight is 441 g/mol. The molecule has 0 unspecified atom stereocenters. The van der Waals surface area contributed by atoms with Gasteiger partial charge < -0.3 is 20.1 Å². The quantitative estimate of drug-likeness (QED) is 0.753. The highest BCUT2D eigenvalue weighted by molar-refractivity contribution is 6.30. The number of amides is 1. The van der Waals surface area contributed by atoms with Gasteiger partial charge in [0.15, 0.2) is 11.6 Å². The van der Waals surface area contributed by atoms with Crippen LogP contribution in [-0.4, -0.2) is 36.3 Å². The zero-order chi connectivity index (χ0) is 21.5. The third-order valence-corrected chi connectivity index (χ3v) is 5.76. The van der Waals surface area contributed by atoms with Crippen LogP contribution in [0.25, 0.3) is 0 Å². The smallest absolute Gasteiger partial charge is 0.224 e. The Morgan fingerprint density at radius 1 is 1.10 bits per heavy atom. The third-order valence-electron chi connectivity index (χ3n) is 5.54. The fourth-order valence-corrected chi connectivity index (χ4v) is 4.09. The molecule has 1 saturated heterocycles. The highest BCUT2D eigenvalue weighted by Crippen LogP contribution is 2.35. The lowest BCUT2D eigenvalue weighted by atomic mass is 9.92. The molecule has 2 aliphatic heterocycles. The molecule has 0 saturated carbocycles. The second kappa shape index (κ2) is 8.00. The number of piperidine rings is 1. The van der Waals surface area contributed by atoms with Gasteiger partial charge in [-0.2, -0.15) is 0 Å². The van der Waals surface area contributed by atoms with Crippen molar-refractivity contribution in [3.05, 3.63) is 52.3 Å². The molecule has 2 heterocycles. The average Bonchev–Trinajstić information content (AvgIpc) is 2.66. The molecular formula is C21H20ClF3N2O3. The molecule has 2 aliphatic rings. The number of benzene rings is 2. The highest BCUT2D eigenvalue weighted by atomic mass is 35.5. The van der Waals surface area contributed by atoms with Crippen LogP contribution < -0.4 is 15.0 Å². The maximum Gasteiger partial charge on any atom is 0.224 e. The van der Waals surface area contributed by atoms with E-state index in [4.69, 9.17) is 16.3 Å². The maximum absolute atomic E-state index is 14.2. The van der Waals surface area contributed by atoms with Crippen molar-refractivity contribution < 1.29 is 27.8 Å². The summed E-state index contributed by atoms with van der Waals surface area (Å²) in [6.07, 6.45) is 1.11. The second-order valence-corrected chi connectivity index (χ2v) is 8.13. The highest BCUT2D eigenvalue weighted by Gasteiger charge is 2.35. The fraction of sp³-hybridized carbons (Fsp3) is 0.381. The minimum atomic E-state index is -1.23. The molecule has 1 amide bonds. The van der Waals surface area contributed by atoms with Crippen molar-refractivity contribution in [3.63, 3.8) is 0 Å². The van der Waals surface area contributed by atoms with E-state index in [1.54, 1.807) is 0 Å². The summed E-state index contributed by atoms with van der Waals surface area (Å²) in [6.45, 7) is 0.329. The maximum atomic E-state index is 14.2. The molecule has 0 aliphatic carbocycles. The van der Waals surface area contributed by atoms with E-state index >= 15 is 0 Å². The van der Waals surface area contributed by atoms with Crippen LogP contribution >= 0.6 is 11.6 Å². The number of fused-ring (bicyclic) bond motifs is 1. The number of hydrogen-bond donors (Lipinski definition) is 2. The Bertz CT molecular complexity index is 971. The van der Waals surface area contributed by atoms with E-state index in [0.717, 1.165) is 12.1 Å². The standard InChI is InChI=1S/C21H20ClF3N2O3/c22-12-7-15(24)20(16(25)8-12)27-5-3-21(29,4-6-27)11-30-18-10-13(23)9-17-14(18)1-2-19(28)26-17/h7-10,29H,1-6,11H2,(H,26,28). The lowest BCUT2D eigenvalue weighted by Crippen LogP contribution is -2.48. The zero-order valence-electron chi connectivity index (χ0n) is 16.0. The summed E-state index contributed by atoms with van der Waals surface area (Å²) in [7, 11) is 0. The van der Waals surface area contributed by atoms with E-state index in [9.17, 15) is 23.1 Å². The van der Waals surface area contributed by atoms with Gasteiger partial charge in [0.25, 0.3) is 0 Å². The summed E-state index contributed by atoms with van der Waals surface area (Å²) >= 11 is 5.67. The number of carbonyl (C=O) groups excluding carboxylic acids is 1. The van der Waals surface area contributed by atoms with E-state index in [1.807, 2.05) is 0 Å². The largest absolute Gasteiger partial charge is 0.490 e. The van der Waals surface area contributed by atoms with Crippen LogP contribution in [-0.2, 0) is 11.2 Å². The Kier molecular flexibility index (Phi) is 5.55. The van der Waals surface area contributed by atoms with Gasteiger partial charge in [-0.15, -0.1) is 0 Å². The van der Waals surface area contributed by atoms with Crippen molar-refractivity contribution in [2.45, 2.75) is 31.3 Å². The van der Waals surface area contributed by atoms with Crippen molar-refractivity contribution in [3.8, 4) is 5.75 Å². The van der Waals surface area contributed by atoms with Gasteiger partial charge >= 0.3 is 0 Å². The van der Waals surface area contributed by atoms with Crippen LogP contribution in [0.2, 0.25) is 5.02 Å². The number of nitrogens with one attached hydrogen (secondary N) is 1. The topological polar surface area (TPSA) is 61.8 Å². The van der Waals surface area contributed by atoms with E-state index in [-0.39, 0.29) is 61.3 Å². The first-order chi connectivity index (χ1) is 14.2. The van der Waals surface area contributed by atoms with Gasteiger partial charge in [0.2, 0.25) is 5.91 Å². The van der Waals surface area contributed by atoms with Gasteiger partial charge in [0.05, 0.1) is 5.69 Å². The number of nitrogens with zero attached hydrogens (tertiary/aromatic N) is 1. The molecular weight excluding hydrogens is 421 g/mol. The van der Waals surface area contributed by atoms with Gasteiger partial charge in [0, 0.05) is 36.2 Å². The number of anilines is 2. The van der Waals surface area contributed by atoms with Crippen molar-refractivity contribution in [2.75, 3.05) is 29.9 Å². The minimum Gasteiger partial charge on any atom is -0.490 e. The lowest BCUT2D eigenvalue weighted by Gasteiger charge is -2.39. The molecule has 0 aromatic heterocycles. The van der Waals surface area contributed by atoms with E-state index in [0.29, 0.717) is 17.7 Å². The molecule has 4 rings (SSSR count). The van der Waals surface area contributed by atoms with Gasteiger partial charge in [0.1, 0.15) is 29.5 Å². The van der Waals surface area contributed by atoms with Gasteiger partial charge in [-0.1, -0.05) is 11.6 Å². The molecule has 0 spiro atoms. The van der Waals surface area contributed by atoms with E-state index in [1.165, 1.54) is 17.0 Å². The molecule has 0 atom stereocenters. The number of halogens is 4. The van der Waals surface area contributed by atoms with Crippen molar-refractivity contribution >= 4 is 28.9 Å². The molecule has 9 heteroatoms. The first kappa shape index (κ1) is 20.8. The van der Waals surface area contributed by atoms with Gasteiger partial charge in [-0.05, 0) is 37.5 Å². The molecule has 2 aromatic carbocycles. The summed E-state index contributed by atoms with van der Waals surface area (Å²) in [5.41, 5.74) is -0.344. The Morgan fingerprint density at radius 2 is 1.77 bits per heavy atom. The lowest BCUT2D eigenvalue weighted by molar-refractivity contribution is -0.116.